The number of aromatic nitrogens is 3. The topological polar surface area (TPSA) is 33.6 Å². The first-order chi connectivity index (χ1) is 8.28. The molecule has 2 aromatic rings. The van der Waals surface area contributed by atoms with E-state index in [9.17, 15) is 0 Å². The second-order valence-electron chi connectivity index (χ2n) is 4.47. The molecule has 1 fully saturated rings. The van der Waals surface area contributed by atoms with Gasteiger partial charge in [0.15, 0.2) is 4.77 Å². The van der Waals surface area contributed by atoms with Gasteiger partial charge in [-0.2, -0.15) is 5.10 Å². The van der Waals surface area contributed by atoms with E-state index < -0.39 is 0 Å². The lowest BCUT2D eigenvalue weighted by Crippen LogP contribution is -2.03. The van der Waals surface area contributed by atoms with Crippen molar-refractivity contribution in [2.24, 2.45) is 0 Å². The molecule has 0 saturated heterocycles. The average Bonchev–Trinajstić information content (AvgIpc) is 2.97. The molecule has 0 bridgehead atoms. The van der Waals surface area contributed by atoms with Gasteiger partial charge >= 0.3 is 0 Å². The van der Waals surface area contributed by atoms with Crippen LogP contribution < -0.4 is 0 Å². The molecule has 2 aromatic heterocycles. The number of hydrogen-bond acceptors (Lipinski definition) is 3. The lowest BCUT2D eigenvalue weighted by molar-refractivity contribution is 0.727. The molecule has 0 radical (unpaired) electrons. The molecule has 0 unspecified atom stereocenters. The molecule has 3 rings (SSSR count). The summed E-state index contributed by atoms with van der Waals surface area (Å²) >= 11 is 7.18. The maximum absolute atomic E-state index is 5.30. The van der Waals surface area contributed by atoms with Crippen LogP contribution in [0.4, 0.5) is 0 Å². The minimum Gasteiger partial charge on any atom is -0.299 e. The quantitative estimate of drug-likeness (QED) is 0.859. The van der Waals surface area contributed by atoms with Crippen LogP contribution in [0.3, 0.4) is 0 Å². The van der Waals surface area contributed by atoms with Gasteiger partial charge in [-0.25, -0.2) is 0 Å². The van der Waals surface area contributed by atoms with Crippen molar-refractivity contribution in [1.29, 1.82) is 0 Å². The van der Waals surface area contributed by atoms with Gasteiger partial charge in [-0.1, -0.05) is 6.92 Å². The first-order valence-corrected chi connectivity index (χ1v) is 7.23. The van der Waals surface area contributed by atoms with E-state index in [2.05, 4.69) is 33.8 Å². The van der Waals surface area contributed by atoms with Crippen LogP contribution in [0.1, 0.15) is 41.3 Å². The summed E-state index contributed by atoms with van der Waals surface area (Å²) in [4.78, 5) is 2.80. The molecule has 17 heavy (non-hydrogen) atoms. The van der Waals surface area contributed by atoms with E-state index in [0.29, 0.717) is 5.92 Å². The lowest BCUT2D eigenvalue weighted by atomic mass is 10.3. The van der Waals surface area contributed by atoms with Crippen LogP contribution >= 0.6 is 23.6 Å². The van der Waals surface area contributed by atoms with Crippen LogP contribution in [0.2, 0.25) is 0 Å². The summed E-state index contributed by atoms with van der Waals surface area (Å²) in [5.74, 6) is 1.77. The van der Waals surface area contributed by atoms with E-state index in [1.807, 2.05) is 11.3 Å². The molecule has 0 aliphatic heterocycles. The van der Waals surface area contributed by atoms with Gasteiger partial charge in [0.05, 0.1) is 6.54 Å². The zero-order valence-corrected chi connectivity index (χ0v) is 11.4. The molecule has 90 valence electrons. The first kappa shape index (κ1) is 11.2. The standard InChI is InChI=1S/C12H15N3S2/c1-2-9-5-6-10(17-9)7-15-11(8-3-4-8)13-14-12(15)16/h5-6,8H,2-4,7H2,1H3,(H,14,16). The van der Waals surface area contributed by atoms with Crippen molar-refractivity contribution in [2.45, 2.75) is 38.6 Å². The summed E-state index contributed by atoms with van der Waals surface area (Å²) in [7, 11) is 0. The molecule has 5 heteroatoms. The Kier molecular flexibility index (Phi) is 2.88. The molecule has 1 saturated carbocycles. The van der Waals surface area contributed by atoms with Crippen LogP contribution in [0.5, 0.6) is 0 Å². The Hall–Kier alpha value is -0.940. The second-order valence-corrected chi connectivity index (χ2v) is 6.11. The molecular formula is C12H15N3S2. The van der Waals surface area contributed by atoms with Gasteiger partial charge in [-0.15, -0.1) is 11.3 Å². The third kappa shape index (κ3) is 2.21. The van der Waals surface area contributed by atoms with Gasteiger partial charge in [-0.05, 0) is 43.6 Å². The van der Waals surface area contributed by atoms with Crippen molar-refractivity contribution >= 4 is 23.6 Å². The Balaban J connectivity index is 1.88. The number of H-pyrrole nitrogens is 1. The third-order valence-electron chi connectivity index (χ3n) is 3.11. The molecule has 0 amide bonds. The van der Waals surface area contributed by atoms with Gasteiger partial charge in [0.2, 0.25) is 0 Å². The fourth-order valence-corrected chi connectivity index (χ4v) is 3.14. The highest BCUT2D eigenvalue weighted by atomic mass is 32.1. The predicted octanol–water partition coefficient (Wildman–Crippen LogP) is 3.49. The van der Waals surface area contributed by atoms with Crippen molar-refractivity contribution in [3.8, 4) is 0 Å². The van der Waals surface area contributed by atoms with Crippen LogP contribution in [0.25, 0.3) is 0 Å². The Labute approximate surface area is 109 Å². The normalized spacial score (nSPS) is 15.4. The molecule has 2 heterocycles. The van der Waals surface area contributed by atoms with E-state index in [0.717, 1.165) is 23.6 Å². The Morgan fingerprint density at radius 2 is 2.24 bits per heavy atom. The van der Waals surface area contributed by atoms with E-state index in [1.54, 1.807) is 0 Å². The summed E-state index contributed by atoms with van der Waals surface area (Å²) in [5, 5.41) is 7.27. The van der Waals surface area contributed by atoms with Gasteiger partial charge in [0, 0.05) is 15.7 Å². The zero-order valence-electron chi connectivity index (χ0n) is 9.77. The Morgan fingerprint density at radius 1 is 1.47 bits per heavy atom. The number of aryl methyl sites for hydroxylation is 1. The highest BCUT2D eigenvalue weighted by molar-refractivity contribution is 7.71. The molecule has 0 atom stereocenters. The van der Waals surface area contributed by atoms with Crippen molar-refractivity contribution in [3.63, 3.8) is 0 Å². The molecule has 1 aliphatic rings. The smallest absolute Gasteiger partial charge is 0.195 e. The third-order valence-corrected chi connectivity index (χ3v) is 4.64. The van der Waals surface area contributed by atoms with E-state index >= 15 is 0 Å². The zero-order chi connectivity index (χ0) is 11.8. The fourth-order valence-electron chi connectivity index (χ4n) is 1.99. The van der Waals surface area contributed by atoms with Crippen LogP contribution in [-0.4, -0.2) is 14.8 Å². The molecule has 0 spiro atoms. The predicted molar refractivity (Wildman–Crippen MR) is 72.2 cm³/mol. The molecule has 1 aliphatic carbocycles. The van der Waals surface area contributed by atoms with Crippen LogP contribution in [0, 0.1) is 4.77 Å². The highest BCUT2D eigenvalue weighted by Gasteiger charge is 2.29. The van der Waals surface area contributed by atoms with Crippen LogP contribution in [-0.2, 0) is 13.0 Å². The summed E-state index contributed by atoms with van der Waals surface area (Å²) in [6, 6.07) is 4.41. The van der Waals surface area contributed by atoms with E-state index in [-0.39, 0.29) is 0 Å². The number of thiophene rings is 1. The molecule has 0 aromatic carbocycles. The first-order valence-electron chi connectivity index (χ1n) is 6.00. The SMILES string of the molecule is CCc1ccc(Cn2c(C3CC3)n[nH]c2=S)s1. The Bertz CT molecular complexity index is 575. The van der Waals surface area contributed by atoms with Crippen molar-refractivity contribution in [2.75, 3.05) is 0 Å². The lowest BCUT2D eigenvalue weighted by Gasteiger charge is -2.03. The van der Waals surface area contributed by atoms with Crippen LogP contribution in [0.15, 0.2) is 12.1 Å². The minimum absolute atomic E-state index is 0.633. The van der Waals surface area contributed by atoms with Gasteiger partial charge < -0.3 is 0 Å². The number of rotatable bonds is 4. The number of nitrogens with zero attached hydrogens (tertiary/aromatic N) is 2. The van der Waals surface area contributed by atoms with Gasteiger partial charge in [-0.3, -0.25) is 9.67 Å². The highest BCUT2D eigenvalue weighted by Crippen LogP contribution is 2.39. The van der Waals surface area contributed by atoms with E-state index in [1.165, 1.54) is 22.6 Å². The van der Waals surface area contributed by atoms with Crippen molar-refractivity contribution < 1.29 is 0 Å². The van der Waals surface area contributed by atoms with Gasteiger partial charge in [0.25, 0.3) is 0 Å². The molecule has 3 nitrogen and oxygen atoms in total. The van der Waals surface area contributed by atoms with Gasteiger partial charge in [0.1, 0.15) is 5.82 Å². The largest absolute Gasteiger partial charge is 0.299 e. The maximum Gasteiger partial charge on any atom is 0.195 e. The number of hydrogen-bond donors (Lipinski definition) is 1. The summed E-state index contributed by atoms with van der Waals surface area (Å²) in [5.41, 5.74) is 0. The van der Waals surface area contributed by atoms with E-state index in [4.69, 9.17) is 12.2 Å². The maximum atomic E-state index is 5.30. The van der Waals surface area contributed by atoms with Crippen molar-refractivity contribution in [3.05, 3.63) is 32.5 Å². The summed E-state index contributed by atoms with van der Waals surface area (Å²) in [6.45, 7) is 3.06. The van der Waals surface area contributed by atoms with Crippen molar-refractivity contribution in [1.82, 2.24) is 14.8 Å². The Morgan fingerprint density at radius 3 is 2.88 bits per heavy atom. The minimum atomic E-state index is 0.633. The monoisotopic (exact) mass is 265 g/mol. The molecule has 1 N–H and O–H groups in total. The molecular weight excluding hydrogens is 250 g/mol. The second kappa shape index (κ2) is 4.38. The summed E-state index contributed by atoms with van der Waals surface area (Å²) in [6.07, 6.45) is 3.62. The number of nitrogens with one attached hydrogen (secondary N) is 1. The number of aromatic amines is 1. The fraction of sp³-hybridized carbons (Fsp3) is 0.500. The average molecular weight is 265 g/mol. The summed E-state index contributed by atoms with van der Waals surface area (Å²) < 4.78 is 2.90.